The minimum atomic E-state index is -1.38. The third-order valence-electron chi connectivity index (χ3n) is 7.37. The minimum Gasteiger partial charge on any atom is -0.497 e. The highest BCUT2D eigenvalue weighted by atomic mass is 32.1. The van der Waals surface area contributed by atoms with Gasteiger partial charge < -0.3 is 24.5 Å². The van der Waals surface area contributed by atoms with Crippen LogP contribution in [-0.4, -0.2) is 40.9 Å². The van der Waals surface area contributed by atoms with Crippen molar-refractivity contribution in [1.29, 1.82) is 5.26 Å². The molecule has 4 aromatic rings. The van der Waals surface area contributed by atoms with E-state index in [1.807, 2.05) is 18.4 Å². The summed E-state index contributed by atoms with van der Waals surface area (Å²) < 4.78 is 10.9. The number of carboxylic acids is 1. The van der Waals surface area contributed by atoms with Crippen LogP contribution in [0.25, 0.3) is 0 Å². The van der Waals surface area contributed by atoms with Crippen LogP contribution in [0.3, 0.4) is 0 Å². The Hall–Kier alpha value is -4.88. The molecule has 0 spiro atoms. The largest absolute Gasteiger partial charge is 0.497 e. The fourth-order valence-electron chi connectivity index (χ4n) is 5.49. The molecule has 1 fully saturated rings. The molecule has 4 unspecified atom stereocenters. The van der Waals surface area contributed by atoms with Crippen molar-refractivity contribution in [3.05, 3.63) is 105 Å². The molecule has 2 amide bonds. The molecule has 9 nitrogen and oxygen atoms in total. The van der Waals surface area contributed by atoms with Crippen LogP contribution in [0.2, 0.25) is 0 Å². The number of anilines is 1. The van der Waals surface area contributed by atoms with Crippen LogP contribution in [0.1, 0.15) is 49.8 Å². The SMILES string of the molecule is COc1ccc(NC(=O)N2C(C(=O)O)C(c3sccc3C)C(C(=O)c3ccc(C)o3)C2c2ccc(C#N)cc2)cc1. The number of likely N-dealkylation sites (tertiary alicyclic amines) is 1. The van der Waals surface area contributed by atoms with Gasteiger partial charge >= 0.3 is 12.0 Å². The van der Waals surface area contributed by atoms with Gasteiger partial charge in [0.15, 0.2) is 5.76 Å². The predicted octanol–water partition coefficient (Wildman–Crippen LogP) is 6.16. The van der Waals surface area contributed by atoms with Crippen LogP contribution in [0, 0.1) is 31.1 Å². The van der Waals surface area contributed by atoms with E-state index in [1.54, 1.807) is 67.6 Å². The number of furan rings is 1. The highest BCUT2D eigenvalue weighted by Gasteiger charge is 2.58. The monoisotopic (exact) mass is 569 g/mol. The number of carbonyl (C=O) groups is 3. The summed E-state index contributed by atoms with van der Waals surface area (Å²) in [7, 11) is 1.53. The molecule has 208 valence electrons. The molecule has 0 bridgehead atoms. The summed E-state index contributed by atoms with van der Waals surface area (Å²) in [5.74, 6) is -2.29. The van der Waals surface area contributed by atoms with Crippen LogP contribution in [0.15, 0.2) is 76.5 Å². The lowest BCUT2D eigenvalue weighted by Crippen LogP contribution is -2.45. The number of urea groups is 1. The normalized spacial score (nSPS) is 19.9. The molecular formula is C31H27N3O6S. The van der Waals surface area contributed by atoms with E-state index in [1.165, 1.54) is 23.3 Å². The molecule has 1 aliphatic heterocycles. The van der Waals surface area contributed by atoms with E-state index in [9.17, 15) is 24.8 Å². The number of methoxy groups -OCH3 is 1. The summed E-state index contributed by atoms with van der Waals surface area (Å²) in [6.45, 7) is 3.58. The molecule has 5 rings (SSSR count). The fraction of sp³-hybridized carbons (Fsp3) is 0.226. The van der Waals surface area contributed by atoms with Gasteiger partial charge in [0, 0.05) is 16.5 Å². The van der Waals surface area contributed by atoms with Gasteiger partial charge in [-0.15, -0.1) is 11.3 Å². The van der Waals surface area contributed by atoms with Crippen LogP contribution >= 0.6 is 11.3 Å². The zero-order chi connectivity index (χ0) is 29.3. The van der Waals surface area contributed by atoms with Crippen LogP contribution in [0.4, 0.5) is 10.5 Å². The number of nitriles is 1. The number of hydrogen-bond donors (Lipinski definition) is 2. The van der Waals surface area contributed by atoms with Gasteiger partial charge in [-0.3, -0.25) is 4.79 Å². The number of hydrogen-bond acceptors (Lipinski definition) is 7. The lowest BCUT2D eigenvalue weighted by molar-refractivity contribution is -0.142. The number of rotatable bonds is 7. The van der Waals surface area contributed by atoms with Gasteiger partial charge in [0.2, 0.25) is 5.78 Å². The zero-order valence-corrected chi connectivity index (χ0v) is 23.3. The maximum Gasteiger partial charge on any atom is 0.327 e. The second kappa shape index (κ2) is 11.3. The Morgan fingerprint density at radius 3 is 2.27 bits per heavy atom. The van der Waals surface area contributed by atoms with E-state index >= 15 is 0 Å². The first-order valence-electron chi connectivity index (χ1n) is 12.8. The summed E-state index contributed by atoms with van der Waals surface area (Å²) in [6, 6.07) is 17.3. The molecule has 0 saturated carbocycles. The molecule has 1 aliphatic rings. The maximum absolute atomic E-state index is 14.2. The fourth-order valence-corrected chi connectivity index (χ4v) is 6.60. The topological polar surface area (TPSA) is 133 Å². The predicted molar refractivity (Wildman–Crippen MR) is 152 cm³/mol. The Kier molecular flexibility index (Phi) is 7.64. The van der Waals surface area contributed by atoms with Crippen molar-refractivity contribution < 1.29 is 28.6 Å². The number of benzene rings is 2. The second-order valence-corrected chi connectivity index (χ2v) is 10.8. The average molecular weight is 570 g/mol. The van der Waals surface area contributed by atoms with Gasteiger partial charge in [0.05, 0.1) is 30.7 Å². The number of amides is 2. The van der Waals surface area contributed by atoms with Gasteiger partial charge in [0.25, 0.3) is 0 Å². The Morgan fingerprint density at radius 2 is 1.73 bits per heavy atom. The summed E-state index contributed by atoms with van der Waals surface area (Å²) in [5.41, 5.74) is 2.18. The molecule has 0 aliphatic carbocycles. The van der Waals surface area contributed by atoms with Gasteiger partial charge in [-0.1, -0.05) is 12.1 Å². The van der Waals surface area contributed by atoms with Crippen molar-refractivity contribution in [1.82, 2.24) is 4.90 Å². The molecular weight excluding hydrogens is 542 g/mol. The first-order chi connectivity index (χ1) is 19.7. The average Bonchev–Trinajstić information content (AvgIpc) is 3.69. The molecule has 0 radical (unpaired) electrons. The van der Waals surface area contributed by atoms with Crippen LogP contribution in [0.5, 0.6) is 5.75 Å². The van der Waals surface area contributed by atoms with Crippen molar-refractivity contribution >= 4 is 34.8 Å². The number of nitrogens with zero attached hydrogens (tertiary/aromatic N) is 2. The Labute approximate surface area is 240 Å². The summed E-state index contributed by atoms with van der Waals surface area (Å²) >= 11 is 1.35. The van der Waals surface area contributed by atoms with Crippen LogP contribution in [-0.2, 0) is 4.79 Å². The van der Waals surface area contributed by atoms with Gasteiger partial charge in [-0.25, -0.2) is 9.59 Å². The number of carboxylic acid groups (broad SMARTS) is 1. The maximum atomic E-state index is 14.2. The molecule has 2 N–H and O–H groups in total. The van der Waals surface area contributed by atoms with Gasteiger partial charge in [-0.05, 0) is 85.0 Å². The lowest BCUT2D eigenvalue weighted by Gasteiger charge is -2.30. The van der Waals surface area contributed by atoms with Crippen molar-refractivity contribution in [3.63, 3.8) is 0 Å². The van der Waals surface area contributed by atoms with Crippen molar-refractivity contribution in [2.45, 2.75) is 31.8 Å². The van der Waals surface area contributed by atoms with Crippen molar-refractivity contribution in [2.24, 2.45) is 5.92 Å². The molecule has 2 aromatic heterocycles. The number of aliphatic carboxylic acids is 1. The van der Waals surface area contributed by atoms with E-state index < -0.39 is 41.7 Å². The Bertz CT molecular complexity index is 1630. The highest BCUT2D eigenvalue weighted by Crippen LogP contribution is 2.53. The molecule has 4 atom stereocenters. The lowest BCUT2D eigenvalue weighted by atomic mass is 9.79. The minimum absolute atomic E-state index is 0.0897. The summed E-state index contributed by atoms with van der Waals surface area (Å²) in [5, 5.41) is 24.7. The third-order valence-corrected chi connectivity index (χ3v) is 8.49. The number of ketones is 1. The summed E-state index contributed by atoms with van der Waals surface area (Å²) in [4.78, 5) is 43.3. The molecule has 3 heterocycles. The van der Waals surface area contributed by atoms with Crippen LogP contribution < -0.4 is 10.1 Å². The number of carbonyl (C=O) groups excluding carboxylic acids is 2. The van der Waals surface area contributed by atoms with E-state index in [2.05, 4.69) is 11.4 Å². The number of ether oxygens (including phenoxy) is 1. The first-order valence-corrected chi connectivity index (χ1v) is 13.7. The first kappa shape index (κ1) is 27.7. The Morgan fingerprint density at radius 1 is 1.02 bits per heavy atom. The van der Waals surface area contributed by atoms with Crippen molar-refractivity contribution in [3.8, 4) is 11.8 Å². The third kappa shape index (κ3) is 5.19. The quantitative estimate of drug-likeness (QED) is 0.255. The van der Waals surface area contributed by atoms with Gasteiger partial charge in [-0.2, -0.15) is 5.26 Å². The molecule has 10 heteroatoms. The highest BCUT2D eigenvalue weighted by molar-refractivity contribution is 7.10. The smallest absolute Gasteiger partial charge is 0.327 e. The van der Waals surface area contributed by atoms with E-state index in [0.717, 1.165) is 5.56 Å². The number of aryl methyl sites for hydroxylation is 2. The van der Waals surface area contributed by atoms with Crippen molar-refractivity contribution in [2.75, 3.05) is 12.4 Å². The standard InChI is InChI=1S/C31H27N3O6S/c1-17-14-15-41-29(17)25-24(28(35)23-13-4-18(2)40-23)26(20-7-5-19(16-32)6-8-20)34(27(25)30(36)37)31(38)33-21-9-11-22(39-3)12-10-21/h4-15,24-27H,1-3H3,(H,33,38)(H,36,37). The molecule has 2 aromatic carbocycles. The van der Waals surface area contributed by atoms with E-state index in [4.69, 9.17) is 9.15 Å². The number of thiophene rings is 1. The molecule has 1 saturated heterocycles. The number of nitrogens with one attached hydrogen (secondary N) is 1. The van der Waals surface area contributed by atoms with E-state index in [0.29, 0.717) is 33.2 Å². The van der Waals surface area contributed by atoms with E-state index in [-0.39, 0.29) is 5.76 Å². The van der Waals surface area contributed by atoms with Gasteiger partial charge in [0.1, 0.15) is 17.6 Å². The summed E-state index contributed by atoms with van der Waals surface area (Å²) in [6.07, 6.45) is 0. The zero-order valence-electron chi connectivity index (χ0n) is 22.5. The molecule has 41 heavy (non-hydrogen) atoms. The Balaban J connectivity index is 1.70. The second-order valence-electron chi connectivity index (χ2n) is 9.82. The number of Topliss-reactive ketones (excluding diaryl/α,β-unsaturated/α-hetero) is 1.